The second-order valence-electron chi connectivity index (χ2n) is 17.9. The fourth-order valence-corrected chi connectivity index (χ4v) is 7.87. The van der Waals surface area contributed by atoms with Crippen LogP contribution in [0.1, 0.15) is 219 Å². The summed E-state index contributed by atoms with van der Waals surface area (Å²) in [7, 11) is 0. The van der Waals surface area contributed by atoms with E-state index in [0.29, 0.717) is 13.0 Å². The van der Waals surface area contributed by atoms with Gasteiger partial charge in [-0.2, -0.15) is 0 Å². The third-order valence-corrected chi connectivity index (χ3v) is 11.9. The standard InChI is InChI=1S/C55H98O9/c1-3-5-7-9-11-13-15-17-19-20-21-22-23-24-25-26-27-28-29-31-33-35-37-39-41-43-45-61-47-49(48-62-55-54(60)53(59)52(58)50(46-56)64-55)63-51(57)44-42-40-38-36-34-32-30-18-16-14-12-10-8-6-4-2/h5,7,11,13,17,19,21-22,24-25,49-50,52-56,58-60H,3-4,6,8-10,12,14-16,18,20,23,26-48H2,1-2H3/b7-5-,13-11-,19-17-,22-21-,25-24-. The van der Waals surface area contributed by atoms with Gasteiger partial charge in [0.05, 0.1) is 19.8 Å². The van der Waals surface area contributed by atoms with Crippen LogP contribution in [0.2, 0.25) is 0 Å². The van der Waals surface area contributed by atoms with Crippen LogP contribution >= 0.6 is 0 Å². The van der Waals surface area contributed by atoms with Crippen molar-refractivity contribution in [2.75, 3.05) is 26.4 Å². The Bertz CT molecular complexity index is 1160. The van der Waals surface area contributed by atoms with Crippen molar-refractivity contribution >= 4 is 5.97 Å². The molecule has 0 aliphatic carbocycles. The fraction of sp³-hybridized carbons (Fsp3) is 0.800. The highest BCUT2D eigenvalue weighted by Gasteiger charge is 2.44. The molecule has 0 aromatic carbocycles. The number of aliphatic hydroxyl groups is 4. The molecule has 0 saturated carbocycles. The fourth-order valence-electron chi connectivity index (χ4n) is 7.87. The molecule has 6 atom stereocenters. The van der Waals surface area contributed by atoms with Crippen LogP contribution in [-0.4, -0.2) is 89.6 Å². The molecule has 0 bridgehead atoms. The van der Waals surface area contributed by atoms with Gasteiger partial charge in [0.2, 0.25) is 0 Å². The van der Waals surface area contributed by atoms with E-state index in [1.807, 2.05) is 0 Å². The van der Waals surface area contributed by atoms with E-state index in [1.165, 1.54) is 135 Å². The van der Waals surface area contributed by atoms with E-state index in [1.54, 1.807) is 0 Å². The maximum Gasteiger partial charge on any atom is 0.306 e. The summed E-state index contributed by atoms with van der Waals surface area (Å²) >= 11 is 0. The normalized spacial score (nSPS) is 20.0. The van der Waals surface area contributed by atoms with Crippen molar-refractivity contribution in [3.8, 4) is 0 Å². The Balaban J connectivity index is 2.17. The third kappa shape index (κ3) is 36.1. The molecular formula is C55H98O9. The average Bonchev–Trinajstić information content (AvgIpc) is 3.30. The van der Waals surface area contributed by atoms with E-state index < -0.39 is 43.4 Å². The number of esters is 1. The van der Waals surface area contributed by atoms with E-state index in [-0.39, 0.29) is 19.2 Å². The first kappa shape index (κ1) is 59.9. The first-order valence-corrected chi connectivity index (χ1v) is 26.4. The zero-order valence-corrected chi connectivity index (χ0v) is 41.0. The largest absolute Gasteiger partial charge is 0.457 e. The first-order valence-electron chi connectivity index (χ1n) is 26.4. The Kier molecular flexibility index (Phi) is 43.1. The van der Waals surface area contributed by atoms with Crippen molar-refractivity contribution < 1.29 is 44.2 Å². The average molecular weight is 903 g/mol. The summed E-state index contributed by atoms with van der Waals surface area (Å²) in [5.41, 5.74) is 0. The van der Waals surface area contributed by atoms with Gasteiger partial charge in [0.1, 0.15) is 30.5 Å². The van der Waals surface area contributed by atoms with Crippen molar-refractivity contribution in [1.82, 2.24) is 0 Å². The third-order valence-electron chi connectivity index (χ3n) is 11.9. The van der Waals surface area contributed by atoms with Gasteiger partial charge in [0.15, 0.2) is 6.29 Å². The second kappa shape index (κ2) is 46.0. The maximum atomic E-state index is 12.8. The van der Waals surface area contributed by atoms with Crippen molar-refractivity contribution in [3.63, 3.8) is 0 Å². The topological polar surface area (TPSA) is 135 Å². The van der Waals surface area contributed by atoms with Crippen LogP contribution in [0, 0.1) is 0 Å². The molecule has 1 fully saturated rings. The molecule has 0 spiro atoms. The van der Waals surface area contributed by atoms with E-state index in [0.717, 1.165) is 64.2 Å². The lowest BCUT2D eigenvalue weighted by atomic mass is 9.99. The number of unbranched alkanes of at least 4 members (excludes halogenated alkanes) is 24. The molecule has 1 heterocycles. The van der Waals surface area contributed by atoms with Gasteiger partial charge in [-0.15, -0.1) is 0 Å². The van der Waals surface area contributed by atoms with Crippen LogP contribution in [0.4, 0.5) is 0 Å². The molecule has 0 amide bonds. The summed E-state index contributed by atoms with van der Waals surface area (Å²) < 4.78 is 22.9. The zero-order valence-electron chi connectivity index (χ0n) is 41.0. The highest BCUT2D eigenvalue weighted by molar-refractivity contribution is 5.69. The molecule has 1 aliphatic heterocycles. The van der Waals surface area contributed by atoms with Crippen LogP contribution < -0.4 is 0 Å². The van der Waals surface area contributed by atoms with Gasteiger partial charge < -0.3 is 39.4 Å². The van der Waals surface area contributed by atoms with Gasteiger partial charge in [0, 0.05) is 13.0 Å². The number of carbonyl (C=O) groups is 1. The quantitative estimate of drug-likeness (QED) is 0.0268. The van der Waals surface area contributed by atoms with Gasteiger partial charge in [-0.25, -0.2) is 0 Å². The Morgan fingerprint density at radius 2 is 0.953 bits per heavy atom. The Morgan fingerprint density at radius 3 is 1.44 bits per heavy atom. The summed E-state index contributed by atoms with van der Waals surface area (Å²) in [5.74, 6) is -0.314. The predicted molar refractivity (Wildman–Crippen MR) is 265 cm³/mol. The molecule has 0 aromatic heterocycles. The molecule has 64 heavy (non-hydrogen) atoms. The maximum absolute atomic E-state index is 12.8. The molecular weight excluding hydrogens is 805 g/mol. The number of allylic oxidation sites excluding steroid dienone is 10. The summed E-state index contributed by atoms with van der Waals surface area (Å²) in [6.07, 6.45) is 52.5. The number of aliphatic hydroxyl groups excluding tert-OH is 4. The van der Waals surface area contributed by atoms with Crippen LogP contribution in [-0.2, 0) is 23.7 Å². The molecule has 1 aliphatic rings. The molecule has 9 heteroatoms. The number of rotatable bonds is 45. The SMILES string of the molecule is CC/C=C\C/C=C\C/C=C\C/C=C\C/C=C\CCCCCCCCCCCCOCC(COC1OC(CO)C(O)C(O)C1O)OC(=O)CCCCCCCCCCCCCCCCC. The molecule has 372 valence electrons. The Hall–Kier alpha value is -2.11. The summed E-state index contributed by atoms with van der Waals surface area (Å²) in [6.45, 7) is 4.46. The van der Waals surface area contributed by atoms with E-state index >= 15 is 0 Å². The smallest absolute Gasteiger partial charge is 0.306 e. The van der Waals surface area contributed by atoms with E-state index in [2.05, 4.69) is 74.6 Å². The Morgan fingerprint density at radius 1 is 0.516 bits per heavy atom. The monoisotopic (exact) mass is 903 g/mol. The van der Waals surface area contributed by atoms with E-state index in [4.69, 9.17) is 18.9 Å². The summed E-state index contributed by atoms with van der Waals surface area (Å²) in [6, 6.07) is 0. The number of hydrogen-bond donors (Lipinski definition) is 4. The van der Waals surface area contributed by atoms with Gasteiger partial charge in [0.25, 0.3) is 0 Å². The molecule has 1 saturated heterocycles. The molecule has 0 aromatic rings. The molecule has 0 radical (unpaired) electrons. The van der Waals surface area contributed by atoms with Gasteiger partial charge >= 0.3 is 5.97 Å². The van der Waals surface area contributed by atoms with E-state index in [9.17, 15) is 25.2 Å². The number of hydrogen-bond acceptors (Lipinski definition) is 9. The van der Waals surface area contributed by atoms with Crippen molar-refractivity contribution in [1.29, 1.82) is 0 Å². The molecule has 6 unspecified atom stereocenters. The summed E-state index contributed by atoms with van der Waals surface area (Å²) in [5, 5.41) is 40.2. The summed E-state index contributed by atoms with van der Waals surface area (Å²) in [4.78, 5) is 12.8. The van der Waals surface area contributed by atoms with Gasteiger partial charge in [-0.05, 0) is 57.8 Å². The van der Waals surface area contributed by atoms with Crippen molar-refractivity contribution in [2.24, 2.45) is 0 Å². The molecule has 9 nitrogen and oxygen atoms in total. The van der Waals surface area contributed by atoms with Gasteiger partial charge in [-0.3, -0.25) is 4.79 Å². The minimum atomic E-state index is -1.54. The lowest BCUT2D eigenvalue weighted by Gasteiger charge is -2.39. The minimum Gasteiger partial charge on any atom is -0.457 e. The lowest BCUT2D eigenvalue weighted by Crippen LogP contribution is -2.59. The zero-order chi connectivity index (χ0) is 46.4. The minimum absolute atomic E-state index is 0.114. The number of ether oxygens (including phenoxy) is 4. The Labute approximate surface area is 392 Å². The second-order valence-corrected chi connectivity index (χ2v) is 17.9. The van der Waals surface area contributed by atoms with Crippen molar-refractivity contribution in [3.05, 3.63) is 60.8 Å². The van der Waals surface area contributed by atoms with Crippen molar-refractivity contribution in [2.45, 2.75) is 256 Å². The molecule has 4 N–H and O–H groups in total. The highest BCUT2D eigenvalue weighted by atomic mass is 16.7. The van der Waals surface area contributed by atoms with Crippen LogP contribution in [0.3, 0.4) is 0 Å². The lowest BCUT2D eigenvalue weighted by molar-refractivity contribution is -0.305. The first-order chi connectivity index (χ1) is 31.4. The molecule has 1 rings (SSSR count). The van der Waals surface area contributed by atoms with Crippen LogP contribution in [0.25, 0.3) is 0 Å². The van der Waals surface area contributed by atoms with Crippen LogP contribution in [0.15, 0.2) is 60.8 Å². The van der Waals surface area contributed by atoms with Crippen LogP contribution in [0.5, 0.6) is 0 Å². The number of carbonyl (C=O) groups excluding carboxylic acids is 1. The van der Waals surface area contributed by atoms with Gasteiger partial charge in [-0.1, -0.05) is 216 Å². The predicted octanol–water partition coefficient (Wildman–Crippen LogP) is 13.0. The highest BCUT2D eigenvalue weighted by Crippen LogP contribution is 2.23.